The monoisotopic (exact) mass is 364 g/mol. The second kappa shape index (κ2) is 5.91. The summed E-state index contributed by atoms with van der Waals surface area (Å²) in [4.78, 5) is 13.7. The first-order valence-corrected chi connectivity index (χ1v) is 9.83. The number of aromatic nitrogens is 2. The first-order chi connectivity index (χ1) is 12.3. The fraction of sp³-hybridized carbons (Fsp3) is 0.158. The molecule has 0 spiro atoms. The molecular formula is C19H16N4S2. The predicted octanol–water partition coefficient (Wildman–Crippen LogP) is 4.98. The summed E-state index contributed by atoms with van der Waals surface area (Å²) in [6.07, 6.45) is 4.19. The molecule has 124 valence electrons. The highest BCUT2D eigenvalue weighted by molar-refractivity contribution is 7.19. The molecule has 1 aliphatic heterocycles. The van der Waals surface area contributed by atoms with E-state index in [1.54, 1.807) is 22.7 Å². The Morgan fingerprint density at radius 2 is 2.12 bits per heavy atom. The van der Waals surface area contributed by atoms with Gasteiger partial charge in [-0.05, 0) is 43.0 Å². The highest BCUT2D eigenvalue weighted by Crippen LogP contribution is 2.36. The summed E-state index contributed by atoms with van der Waals surface area (Å²) in [5, 5.41) is 4.72. The Bertz CT molecular complexity index is 1110. The third-order valence-electron chi connectivity index (χ3n) is 4.45. The minimum absolute atomic E-state index is 1.01. The lowest BCUT2D eigenvalue weighted by atomic mass is 10.2. The molecule has 0 amide bonds. The molecule has 0 fully saturated rings. The second-order valence-corrected chi connectivity index (χ2v) is 8.19. The van der Waals surface area contributed by atoms with Crippen molar-refractivity contribution in [2.24, 2.45) is 0 Å². The van der Waals surface area contributed by atoms with E-state index >= 15 is 0 Å². The van der Waals surface area contributed by atoms with Crippen LogP contribution in [-0.4, -0.2) is 35.0 Å². The largest absolute Gasteiger partial charge is 0.355 e. The standard InChI is InChI=1S/C19H16N4S2/c1-23-7-5-12(10-23)18-9-14-15(4-6-20-19(14)25-18)22-13-2-3-17-16(8-13)21-11-24-17/h2-6,8-9,11H,7,10H2,1H3,(H,20,22). The van der Waals surface area contributed by atoms with E-state index in [9.17, 15) is 0 Å². The number of fused-ring (bicyclic) bond motifs is 2. The van der Waals surface area contributed by atoms with Gasteiger partial charge in [0, 0.05) is 35.2 Å². The van der Waals surface area contributed by atoms with Crippen molar-refractivity contribution in [1.82, 2.24) is 14.9 Å². The maximum Gasteiger partial charge on any atom is 0.125 e. The van der Waals surface area contributed by atoms with Crippen molar-refractivity contribution < 1.29 is 0 Å². The zero-order chi connectivity index (χ0) is 16.8. The molecule has 0 radical (unpaired) electrons. The van der Waals surface area contributed by atoms with E-state index in [0.29, 0.717) is 0 Å². The van der Waals surface area contributed by atoms with E-state index in [0.717, 1.165) is 34.8 Å². The second-order valence-electron chi connectivity index (χ2n) is 6.27. The zero-order valence-electron chi connectivity index (χ0n) is 13.7. The maximum atomic E-state index is 4.56. The molecule has 25 heavy (non-hydrogen) atoms. The summed E-state index contributed by atoms with van der Waals surface area (Å²) in [5.41, 5.74) is 6.47. The third-order valence-corrected chi connectivity index (χ3v) is 6.38. The van der Waals surface area contributed by atoms with Crippen molar-refractivity contribution in [2.75, 3.05) is 25.5 Å². The Morgan fingerprint density at radius 1 is 1.16 bits per heavy atom. The van der Waals surface area contributed by atoms with Crippen LogP contribution in [0.15, 0.2) is 48.1 Å². The van der Waals surface area contributed by atoms with Crippen LogP contribution in [0.3, 0.4) is 0 Å². The number of thiophene rings is 1. The zero-order valence-corrected chi connectivity index (χ0v) is 15.3. The topological polar surface area (TPSA) is 41.0 Å². The summed E-state index contributed by atoms with van der Waals surface area (Å²) in [6, 6.07) is 10.6. The smallest absolute Gasteiger partial charge is 0.125 e. The van der Waals surface area contributed by atoms with Crippen molar-refractivity contribution in [3.63, 3.8) is 0 Å². The molecule has 1 aromatic carbocycles. The molecule has 3 aromatic heterocycles. The first-order valence-electron chi connectivity index (χ1n) is 8.13. The highest BCUT2D eigenvalue weighted by Gasteiger charge is 2.16. The van der Waals surface area contributed by atoms with Gasteiger partial charge in [0.2, 0.25) is 0 Å². The molecule has 0 saturated carbocycles. The van der Waals surface area contributed by atoms with E-state index < -0.39 is 0 Å². The van der Waals surface area contributed by atoms with Gasteiger partial charge in [-0.15, -0.1) is 22.7 Å². The van der Waals surface area contributed by atoms with Crippen LogP contribution >= 0.6 is 22.7 Å². The lowest BCUT2D eigenvalue weighted by molar-refractivity contribution is 0.439. The number of nitrogens with zero attached hydrogens (tertiary/aromatic N) is 3. The molecule has 4 aromatic rings. The molecule has 0 unspecified atom stereocenters. The van der Waals surface area contributed by atoms with Gasteiger partial charge in [-0.3, -0.25) is 4.90 Å². The Morgan fingerprint density at radius 3 is 3.00 bits per heavy atom. The van der Waals surface area contributed by atoms with Gasteiger partial charge in [0.05, 0.1) is 21.4 Å². The third kappa shape index (κ3) is 2.72. The van der Waals surface area contributed by atoms with Crippen LogP contribution in [0.1, 0.15) is 4.88 Å². The fourth-order valence-corrected chi connectivity index (χ4v) is 4.88. The molecule has 0 bridgehead atoms. The molecule has 4 nitrogen and oxygen atoms in total. The lowest BCUT2D eigenvalue weighted by Crippen LogP contribution is -2.13. The summed E-state index contributed by atoms with van der Waals surface area (Å²) >= 11 is 3.43. The molecule has 6 heteroatoms. The van der Waals surface area contributed by atoms with Crippen molar-refractivity contribution in [3.8, 4) is 0 Å². The number of hydrogen-bond acceptors (Lipinski definition) is 6. The van der Waals surface area contributed by atoms with Crippen LogP contribution in [0.25, 0.3) is 26.0 Å². The summed E-state index contributed by atoms with van der Waals surface area (Å²) in [7, 11) is 2.15. The predicted molar refractivity (Wildman–Crippen MR) is 108 cm³/mol. The fourth-order valence-electron chi connectivity index (χ4n) is 3.16. The van der Waals surface area contributed by atoms with Crippen LogP contribution in [0, 0.1) is 0 Å². The van der Waals surface area contributed by atoms with Gasteiger partial charge in [0.15, 0.2) is 0 Å². The Hall–Kier alpha value is -2.28. The first kappa shape index (κ1) is 15.0. The van der Waals surface area contributed by atoms with Gasteiger partial charge in [0.1, 0.15) is 4.83 Å². The minimum Gasteiger partial charge on any atom is -0.355 e. The molecule has 0 aliphatic carbocycles. The van der Waals surface area contributed by atoms with E-state index in [-0.39, 0.29) is 0 Å². The molecule has 4 heterocycles. The molecule has 0 atom stereocenters. The molecule has 1 aliphatic rings. The summed E-state index contributed by atoms with van der Waals surface area (Å²) < 4.78 is 1.21. The van der Waals surface area contributed by atoms with Gasteiger partial charge < -0.3 is 5.32 Å². The van der Waals surface area contributed by atoms with Crippen LogP contribution < -0.4 is 5.32 Å². The number of nitrogens with one attached hydrogen (secondary N) is 1. The van der Waals surface area contributed by atoms with Gasteiger partial charge in [-0.2, -0.15) is 0 Å². The number of thiazole rings is 1. The average Bonchev–Trinajstić information content (AvgIpc) is 3.32. The SMILES string of the molecule is CN1CC=C(c2cc3c(Nc4ccc5scnc5c4)ccnc3s2)C1. The van der Waals surface area contributed by atoms with E-state index in [2.05, 4.69) is 57.6 Å². The number of anilines is 2. The van der Waals surface area contributed by atoms with Crippen LogP contribution in [0.5, 0.6) is 0 Å². The Balaban J connectivity index is 1.53. The summed E-state index contributed by atoms with van der Waals surface area (Å²) in [6.45, 7) is 2.03. The van der Waals surface area contributed by atoms with Gasteiger partial charge in [-0.1, -0.05) is 6.08 Å². The minimum atomic E-state index is 1.01. The van der Waals surface area contributed by atoms with Gasteiger partial charge >= 0.3 is 0 Å². The van der Waals surface area contributed by atoms with Crippen LogP contribution in [0.4, 0.5) is 11.4 Å². The van der Waals surface area contributed by atoms with Crippen molar-refractivity contribution in [1.29, 1.82) is 0 Å². The summed E-state index contributed by atoms with van der Waals surface area (Å²) in [5.74, 6) is 0. The number of rotatable bonds is 3. The van der Waals surface area contributed by atoms with E-state index in [1.807, 2.05) is 17.8 Å². The molecule has 5 rings (SSSR count). The van der Waals surface area contributed by atoms with E-state index in [4.69, 9.17) is 0 Å². The Kier molecular flexibility index (Phi) is 3.55. The Labute approximate surface area is 153 Å². The van der Waals surface area contributed by atoms with Gasteiger partial charge in [0.25, 0.3) is 0 Å². The molecule has 1 N–H and O–H groups in total. The van der Waals surface area contributed by atoms with Crippen LogP contribution in [0.2, 0.25) is 0 Å². The number of benzene rings is 1. The normalized spacial score (nSPS) is 15.2. The number of likely N-dealkylation sites (N-methyl/N-ethyl adjacent to an activating group) is 1. The maximum absolute atomic E-state index is 4.56. The molecule has 0 saturated heterocycles. The molecular weight excluding hydrogens is 348 g/mol. The number of pyridine rings is 1. The number of hydrogen-bond donors (Lipinski definition) is 1. The highest BCUT2D eigenvalue weighted by atomic mass is 32.1. The van der Waals surface area contributed by atoms with Crippen molar-refractivity contribution >= 4 is 60.1 Å². The van der Waals surface area contributed by atoms with Crippen molar-refractivity contribution in [3.05, 3.63) is 53.0 Å². The van der Waals surface area contributed by atoms with Gasteiger partial charge in [-0.25, -0.2) is 9.97 Å². The average molecular weight is 364 g/mol. The van der Waals surface area contributed by atoms with Crippen LogP contribution in [-0.2, 0) is 0 Å². The van der Waals surface area contributed by atoms with E-state index in [1.165, 1.54) is 20.5 Å². The van der Waals surface area contributed by atoms with Crippen molar-refractivity contribution in [2.45, 2.75) is 0 Å². The lowest BCUT2D eigenvalue weighted by Gasteiger charge is -2.07. The quantitative estimate of drug-likeness (QED) is 0.557.